The highest BCUT2D eigenvalue weighted by atomic mass is 32.2. The fourth-order valence-electron chi connectivity index (χ4n) is 9.95. The molecule has 6 saturated carbocycles. The van der Waals surface area contributed by atoms with Crippen molar-refractivity contribution in [3.8, 4) is 0 Å². The van der Waals surface area contributed by atoms with Crippen molar-refractivity contribution in [1.82, 2.24) is 4.90 Å². The maximum absolute atomic E-state index is 14.3. The van der Waals surface area contributed by atoms with Gasteiger partial charge < -0.3 is 15.3 Å². The summed E-state index contributed by atoms with van der Waals surface area (Å²) in [4.78, 5) is 15.9. The number of aliphatic hydroxyl groups is 1. The second kappa shape index (κ2) is 7.38. The number of fused-ring (bicyclic) bond motifs is 1. The quantitative estimate of drug-likeness (QED) is 0.543. The number of nitrogens with zero attached hydrogens (tertiary/aromatic N) is 2. The number of nitrogens with one attached hydrogen (secondary N) is 1. The Morgan fingerprint density at radius 3 is 2.22 bits per heavy atom. The number of carbonyl (C=O) groups excluding carboxylic acids is 1. The number of anilines is 1. The number of rotatable bonds is 5. The highest BCUT2D eigenvalue weighted by Crippen LogP contribution is 2.93. The van der Waals surface area contributed by atoms with Gasteiger partial charge in [-0.25, -0.2) is 12.8 Å². The maximum Gasteiger partial charge on any atom is 0.286 e. The predicted octanol–water partition coefficient (Wildman–Crippen LogP) is 2.72. The van der Waals surface area contributed by atoms with Gasteiger partial charge in [0.2, 0.25) is 0 Å². The summed E-state index contributed by atoms with van der Waals surface area (Å²) in [6.07, 6.45) is 1.07. The lowest BCUT2D eigenvalue weighted by atomic mass is 9.59. The van der Waals surface area contributed by atoms with Gasteiger partial charge in [0.05, 0.1) is 11.4 Å². The number of hydrogen-bond donors (Lipinski definition) is 2. The van der Waals surface area contributed by atoms with E-state index in [0.29, 0.717) is 47.0 Å². The number of sulfone groups is 1. The first-order valence-corrected chi connectivity index (χ1v) is 17.4. The van der Waals surface area contributed by atoms with E-state index in [1.54, 1.807) is 17.0 Å². The van der Waals surface area contributed by atoms with Crippen LogP contribution in [-0.2, 0) is 37.0 Å². The van der Waals surface area contributed by atoms with Crippen molar-refractivity contribution < 1.29 is 31.1 Å². The van der Waals surface area contributed by atoms with E-state index in [1.165, 1.54) is 30.3 Å². The van der Waals surface area contributed by atoms with Crippen LogP contribution >= 0.6 is 0 Å². The molecule has 1 amide bonds. The Labute approximate surface area is 236 Å². The van der Waals surface area contributed by atoms with Gasteiger partial charge in [-0.2, -0.15) is 8.42 Å². The second-order valence-corrected chi connectivity index (χ2v) is 16.6. The summed E-state index contributed by atoms with van der Waals surface area (Å²) in [6.45, 7) is 0.218. The van der Waals surface area contributed by atoms with Crippen LogP contribution in [0.4, 0.5) is 10.1 Å². The van der Waals surface area contributed by atoms with Crippen LogP contribution < -0.4 is 5.32 Å². The minimum absolute atomic E-state index is 0.0842. The van der Waals surface area contributed by atoms with Crippen LogP contribution in [-0.4, -0.2) is 50.9 Å². The van der Waals surface area contributed by atoms with Crippen LogP contribution in [0.25, 0.3) is 0 Å². The van der Waals surface area contributed by atoms with Crippen LogP contribution in [0.2, 0.25) is 0 Å². The number of amidine groups is 1. The van der Waals surface area contributed by atoms with Crippen molar-refractivity contribution >= 4 is 37.3 Å². The zero-order valence-electron chi connectivity index (χ0n) is 21.8. The maximum atomic E-state index is 14.3. The Hall–Kier alpha value is -3.25. The molecule has 0 spiro atoms. The van der Waals surface area contributed by atoms with Gasteiger partial charge in [-0.15, -0.1) is 4.40 Å². The number of halogens is 1. The first-order valence-electron chi connectivity index (χ1n) is 13.9. The Bertz CT molecular complexity index is 1870. The Kier molecular flexibility index (Phi) is 4.39. The van der Waals surface area contributed by atoms with E-state index < -0.39 is 25.8 Å². The summed E-state index contributed by atoms with van der Waals surface area (Å²) in [5.74, 6) is 2.46. The molecule has 6 aliphatic carbocycles. The van der Waals surface area contributed by atoms with Crippen molar-refractivity contribution in [2.24, 2.45) is 57.7 Å². The Morgan fingerprint density at radius 2 is 1.56 bits per heavy atom. The van der Waals surface area contributed by atoms with Gasteiger partial charge in [0.15, 0.2) is 15.7 Å². The average Bonchev–Trinajstić information content (AvgIpc) is 3.75. The lowest BCUT2D eigenvalue weighted by Gasteiger charge is -2.54. The summed E-state index contributed by atoms with van der Waals surface area (Å²) >= 11 is 0. The fraction of sp³-hybridized carbons (Fsp3) is 0.448. The third kappa shape index (κ3) is 3.09. The van der Waals surface area contributed by atoms with E-state index in [1.807, 2.05) is 0 Å². The number of hydrogen-bond acceptors (Lipinski definition) is 7. The van der Waals surface area contributed by atoms with Crippen LogP contribution in [0.1, 0.15) is 11.1 Å². The molecule has 6 fully saturated rings. The largest absolute Gasteiger partial charge is 0.511 e. The number of benzene rings is 2. The third-order valence-corrected chi connectivity index (χ3v) is 13.1. The molecule has 0 saturated heterocycles. The first-order chi connectivity index (χ1) is 19.4. The normalized spacial score (nSPS) is 39.6. The zero-order valence-corrected chi connectivity index (χ0v) is 23.4. The van der Waals surface area contributed by atoms with Crippen molar-refractivity contribution in [2.45, 2.75) is 23.2 Å². The fourth-order valence-corrected chi connectivity index (χ4v) is 11.9. The number of aliphatic hydroxyl groups excluding tert-OH is 1. The minimum atomic E-state index is -4.31. The molecular weight excluding hydrogens is 569 g/mol. The van der Waals surface area contributed by atoms with Crippen LogP contribution in [0.3, 0.4) is 0 Å². The van der Waals surface area contributed by atoms with Gasteiger partial charge in [0, 0.05) is 24.8 Å². The topological polar surface area (TPSA) is 133 Å². The van der Waals surface area contributed by atoms with E-state index in [0.717, 1.165) is 11.8 Å². The van der Waals surface area contributed by atoms with Gasteiger partial charge in [-0.3, -0.25) is 4.79 Å². The summed E-state index contributed by atoms with van der Waals surface area (Å²) in [7, 11) is -7.71. The lowest BCUT2D eigenvalue weighted by Crippen LogP contribution is -2.61. The van der Waals surface area contributed by atoms with Gasteiger partial charge in [-0.05, 0) is 82.7 Å². The molecule has 8 atom stereocenters. The standard InChI is InChI=1S/C29H26FN3O6S2/c1-40(36,37)10-12-4-7-14-15(8-12)41(38,39)32-28(31-14)25-27(34)24-22-18-16-17-19(22)21(17)23(20(16)18)26(24)33(29(25)35)9-11-2-5-13(30)6-3-11/h2-8,16-24,26,34H,9-10H2,1H3,(H,31,32). The van der Waals surface area contributed by atoms with E-state index in [-0.39, 0.29) is 63.7 Å². The third-order valence-electron chi connectivity index (χ3n) is 10.9. The molecule has 9 nitrogen and oxygen atoms in total. The molecule has 10 rings (SSSR count). The van der Waals surface area contributed by atoms with E-state index in [9.17, 15) is 31.1 Å². The molecule has 212 valence electrons. The predicted molar refractivity (Wildman–Crippen MR) is 145 cm³/mol. The number of carbonyl (C=O) groups is 1. The summed E-state index contributed by atoms with van der Waals surface area (Å²) in [5.41, 5.74) is 1.08. The van der Waals surface area contributed by atoms with Gasteiger partial charge in [0.25, 0.3) is 15.9 Å². The second-order valence-electron chi connectivity index (χ2n) is 12.9. The van der Waals surface area contributed by atoms with E-state index >= 15 is 0 Å². The van der Waals surface area contributed by atoms with E-state index in [2.05, 4.69) is 9.71 Å². The van der Waals surface area contributed by atoms with E-state index in [4.69, 9.17) is 0 Å². The van der Waals surface area contributed by atoms with Gasteiger partial charge in [-0.1, -0.05) is 18.2 Å². The molecule has 0 aromatic heterocycles. The average molecular weight is 596 g/mol. The molecule has 2 aliphatic heterocycles. The van der Waals surface area contributed by atoms with Gasteiger partial charge >= 0.3 is 0 Å². The molecule has 2 heterocycles. The molecule has 8 aliphatic rings. The first kappa shape index (κ1) is 24.4. The molecule has 2 bridgehead atoms. The summed E-state index contributed by atoms with van der Waals surface area (Å²) in [5, 5.41) is 14.8. The smallest absolute Gasteiger partial charge is 0.286 e. The molecule has 8 unspecified atom stereocenters. The minimum Gasteiger partial charge on any atom is -0.511 e. The van der Waals surface area contributed by atoms with Crippen LogP contribution in [0.5, 0.6) is 0 Å². The Morgan fingerprint density at radius 1 is 0.951 bits per heavy atom. The molecule has 2 aromatic rings. The number of sulfonamides is 1. The zero-order chi connectivity index (χ0) is 28.3. The van der Waals surface area contributed by atoms with Crippen molar-refractivity contribution in [3.63, 3.8) is 0 Å². The van der Waals surface area contributed by atoms with Gasteiger partial charge in [0.1, 0.15) is 22.0 Å². The summed E-state index contributed by atoms with van der Waals surface area (Å²) in [6, 6.07) is 10.1. The number of amides is 1. The Balaban J connectivity index is 1.15. The molecule has 41 heavy (non-hydrogen) atoms. The van der Waals surface area contributed by atoms with Crippen molar-refractivity contribution in [2.75, 3.05) is 11.6 Å². The molecule has 12 heteroatoms. The molecule has 0 radical (unpaired) electrons. The molecule has 2 aromatic carbocycles. The lowest BCUT2D eigenvalue weighted by molar-refractivity contribution is -0.141. The van der Waals surface area contributed by atoms with Crippen LogP contribution in [0.15, 0.2) is 63.1 Å². The van der Waals surface area contributed by atoms with Crippen LogP contribution in [0, 0.1) is 59.1 Å². The summed E-state index contributed by atoms with van der Waals surface area (Å²) < 4.78 is 67.9. The van der Waals surface area contributed by atoms with Crippen molar-refractivity contribution in [1.29, 1.82) is 0 Å². The molecular formula is C29H26FN3O6S2. The van der Waals surface area contributed by atoms with Crippen molar-refractivity contribution in [3.05, 3.63) is 70.7 Å². The highest BCUT2D eigenvalue weighted by Gasteiger charge is 2.92. The monoisotopic (exact) mass is 595 g/mol. The SMILES string of the molecule is CS(=O)(=O)Cc1ccc2c(c1)S(=O)(=O)N=C(C1=C(O)C3C4C5C6C7C4C7C(C56)C3N(Cc3ccc(F)cc3)C1=O)N2. The highest BCUT2D eigenvalue weighted by molar-refractivity contribution is 7.90. The molecule has 2 N–H and O–H groups in total.